The fourth-order valence-corrected chi connectivity index (χ4v) is 5.71. The van der Waals surface area contributed by atoms with Crippen molar-refractivity contribution in [3.8, 4) is 0 Å². The van der Waals surface area contributed by atoms with E-state index in [-0.39, 0.29) is 28.8 Å². The van der Waals surface area contributed by atoms with E-state index in [0.29, 0.717) is 24.0 Å². The van der Waals surface area contributed by atoms with Crippen LogP contribution in [-0.4, -0.2) is 69.4 Å². The Morgan fingerprint density at radius 2 is 1.89 bits per heavy atom. The number of fused-ring (bicyclic) bond motifs is 1. The van der Waals surface area contributed by atoms with Crippen molar-refractivity contribution in [2.24, 2.45) is 0 Å². The van der Waals surface area contributed by atoms with Crippen LogP contribution in [0.25, 0.3) is 4.96 Å². The van der Waals surface area contributed by atoms with Crippen LogP contribution in [0.2, 0.25) is 5.15 Å². The topological polar surface area (TPSA) is 133 Å². The van der Waals surface area contributed by atoms with Crippen molar-refractivity contribution in [2.45, 2.75) is 5.03 Å². The van der Waals surface area contributed by atoms with Crippen molar-refractivity contribution in [3.05, 3.63) is 34.7 Å². The maximum absolute atomic E-state index is 13.0. The predicted octanol–water partition coefficient (Wildman–Crippen LogP) is 0.469. The summed E-state index contributed by atoms with van der Waals surface area (Å²) < 4.78 is 28.9. The third kappa shape index (κ3) is 3.20. The van der Waals surface area contributed by atoms with Crippen molar-refractivity contribution in [1.29, 1.82) is 0 Å². The summed E-state index contributed by atoms with van der Waals surface area (Å²) in [5.41, 5.74) is 1.62. The fraction of sp³-hybridized carbons (Fsp3) is 0.286. The van der Waals surface area contributed by atoms with E-state index in [1.165, 1.54) is 37.9 Å². The van der Waals surface area contributed by atoms with E-state index < -0.39 is 15.9 Å². The zero-order valence-electron chi connectivity index (χ0n) is 14.2. The second-order valence-corrected chi connectivity index (χ2v) is 8.95. The number of halogens is 1. The molecule has 1 amide bonds. The quantitative estimate of drug-likeness (QED) is 0.439. The lowest BCUT2D eigenvalue weighted by molar-refractivity contribution is 0.0705. The number of nitrogens with one attached hydrogen (secondary N) is 1. The van der Waals surface area contributed by atoms with Gasteiger partial charge in [0.25, 0.3) is 15.9 Å². The van der Waals surface area contributed by atoms with Gasteiger partial charge in [0.2, 0.25) is 5.95 Å². The van der Waals surface area contributed by atoms with Gasteiger partial charge in [0.05, 0.1) is 5.56 Å². The molecular formula is C14H14ClN7O4S2. The van der Waals surface area contributed by atoms with Crippen LogP contribution in [0.4, 0.5) is 5.95 Å². The van der Waals surface area contributed by atoms with Gasteiger partial charge >= 0.3 is 0 Å². The van der Waals surface area contributed by atoms with Gasteiger partial charge in [0, 0.05) is 50.1 Å². The number of anilines is 1. The number of rotatable bonds is 4. The Morgan fingerprint density at radius 1 is 1.21 bits per heavy atom. The summed E-state index contributed by atoms with van der Waals surface area (Å²) >= 11 is 7.38. The predicted molar refractivity (Wildman–Crippen MR) is 100 cm³/mol. The first-order chi connectivity index (χ1) is 13.4. The van der Waals surface area contributed by atoms with Crippen LogP contribution < -0.4 is 10.4 Å². The minimum absolute atomic E-state index is 0.0329. The highest BCUT2D eigenvalue weighted by molar-refractivity contribution is 7.89. The Labute approximate surface area is 168 Å². The van der Waals surface area contributed by atoms with E-state index in [1.54, 1.807) is 11.6 Å². The smallest absolute Gasteiger partial charge is 0.277 e. The van der Waals surface area contributed by atoms with Crippen LogP contribution in [0.15, 0.2) is 29.0 Å². The largest absolute Gasteiger partial charge is 0.338 e. The van der Waals surface area contributed by atoms with E-state index >= 15 is 0 Å². The number of hydroxylamine groups is 1. The molecule has 0 atom stereocenters. The molecule has 28 heavy (non-hydrogen) atoms. The van der Waals surface area contributed by atoms with Gasteiger partial charge in [-0.15, -0.1) is 11.3 Å². The number of aromatic nitrogens is 4. The second kappa shape index (κ2) is 7.25. The summed E-state index contributed by atoms with van der Waals surface area (Å²) in [4.78, 5) is 25.9. The molecule has 3 aromatic rings. The third-order valence-corrected chi connectivity index (χ3v) is 7.34. The van der Waals surface area contributed by atoms with Crippen LogP contribution in [0.1, 0.15) is 10.4 Å². The molecule has 1 saturated heterocycles. The Kier molecular flexibility index (Phi) is 4.93. The number of amides is 1. The van der Waals surface area contributed by atoms with Gasteiger partial charge in [-0.25, -0.2) is 28.8 Å². The first-order valence-electron chi connectivity index (χ1n) is 8.04. The Morgan fingerprint density at radius 3 is 2.54 bits per heavy atom. The molecule has 0 saturated carbocycles. The van der Waals surface area contributed by atoms with Gasteiger partial charge in [0.15, 0.2) is 15.1 Å². The molecule has 2 N–H and O–H groups in total. The number of hydrogen-bond acceptors (Lipinski definition) is 9. The Hall–Kier alpha value is -2.32. The molecule has 3 aromatic heterocycles. The number of sulfonamides is 1. The van der Waals surface area contributed by atoms with Crippen LogP contribution >= 0.6 is 22.9 Å². The minimum Gasteiger partial charge on any atom is -0.338 e. The number of thiazole rings is 1. The molecule has 148 valence electrons. The van der Waals surface area contributed by atoms with Gasteiger partial charge < -0.3 is 4.90 Å². The van der Waals surface area contributed by atoms with Crippen LogP contribution in [-0.2, 0) is 10.0 Å². The normalized spacial score (nSPS) is 15.9. The Balaban J connectivity index is 1.50. The summed E-state index contributed by atoms with van der Waals surface area (Å²) in [5.74, 6) is -0.339. The lowest BCUT2D eigenvalue weighted by atomic mass is 10.3. The lowest BCUT2D eigenvalue weighted by Crippen LogP contribution is -2.49. The van der Waals surface area contributed by atoms with Gasteiger partial charge in [-0.3, -0.25) is 14.4 Å². The molecule has 0 unspecified atom stereocenters. The van der Waals surface area contributed by atoms with E-state index in [0.717, 1.165) is 0 Å². The van der Waals surface area contributed by atoms with Crippen molar-refractivity contribution in [1.82, 2.24) is 29.1 Å². The monoisotopic (exact) mass is 443 g/mol. The maximum Gasteiger partial charge on any atom is 0.277 e. The molecule has 1 aliphatic heterocycles. The molecule has 0 aliphatic carbocycles. The molecule has 0 bridgehead atoms. The van der Waals surface area contributed by atoms with Crippen molar-refractivity contribution in [2.75, 3.05) is 31.1 Å². The zero-order chi connectivity index (χ0) is 19.9. The summed E-state index contributed by atoms with van der Waals surface area (Å²) in [6.45, 7) is 1.18. The number of piperazine rings is 1. The SMILES string of the molecule is O=C(NO)c1cnc(N2CCN(S(=O)(=O)c3c(Cl)nc4sccn34)CC2)nc1. The molecule has 4 rings (SSSR count). The first-order valence-corrected chi connectivity index (χ1v) is 10.7. The molecule has 0 aromatic carbocycles. The lowest BCUT2D eigenvalue weighted by Gasteiger charge is -2.33. The molecule has 14 heteroatoms. The number of nitrogens with zero attached hydrogens (tertiary/aromatic N) is 6. The van der Waals surface area contributed by atoms with Crippen molar-refractivity contribution < 1.29 is 18.4 Å². The fourth-order valence-electron chi connectivity index (χ4n) is 2.89. The summed E-state index contributed by atoms with van der Waals surface area (Å²) in [6, 6.07) is 0. The molecule has 0 radical (unpaired) electrons. The van der Waals surface area contributed by atoms with E-state index in [9.17, 15) is 13.2 Å². The molecule has 0 spiro atoms. The van der Waals surface area contributed by atoms with Gasteiger partial charge in [-0.1, -0.05) is 11.6 Å². The average Bonchev–Trinajstić information content (AvgIpc) is 3.27. The maximum atomic E-state index is 13.0. The van der Waals surface area contributed by atoms with E-state index in [1.807, 2.05) is 4.90 Å². The number of carbonyl (C=O) groups excluding carboxylic acids is 1. The number of imidazole rings is 1. The molecular weight excluding hydrogens is 430 g/mol. The third-order valence-electron chi connectivity index (χ3n) is 4.29. The number of hydrogen-bond donors (Lipinski definition) is 2. The van der Waals surface area contributed by atoms with Gasteiger partial charge in [-0.2, -0.15) is 4.31 Å². The first kappa shape index (κ1) is 19.0. The van der Waals surface area contributed by atoms with Crippen LogP contribution in [0, 0.1) is 0 Å². The minimum atomic E-state index is -3.81. The highest BCUT2D eigenvalue weighted by Gasteiger charge is 2.34. The second-order valence-electron chi connectivity index (χ2n) is 5.87. The Bertz CT molecular complexity index is 1120. The highest BCUT2D eigenvalue weighted by atomic mass is 35.5. The van der Waals surface area contributed by atoms with Gasteiger partial charge in [0.1, 0.15) is 0 Å². The zero-order valence-corrected chi connectivity index (χ0v) is 16.6. The molecule has 4 heterocycles. The van der Waals surface area contributed by atoms with E-state index in [4.69, 9.17) is 16.8 Å². The molecule has 1 aliphatic rings. The standard InChI is InChI=1S/C14H14ClN7O4S2/c15-10-12(22-5-6-27-14(22)18-10)28(25,26)21-3-1-20(2-4-21)13-16-7-9(8-17-13)11(23)19-24/h5-8,24H,1-4H2,(H,19,23). The summed E-state index contributed by atoms with van der Waals surface area (Å²) in [7, 11) is -3.81. The highest BCUT2D eigenvalue weighted by Crippen LogP contribution is 2.28. The summed E-state index contributed by atoms with van der Waals surface area (Å²) in [6.07, 6.45) is 4.20. The molecule has 11 nitrogen and oxygen atoms in total. The van der Waals surface area contributed by atoms with Crippen LogP contribution in [0.3, 0.4) is 0 Å². The van der Waals surface area contributed by atoms with Crippen LogP contribution in [0.5, 0.6) is 0 Å². The van der Waals surface area contributed by atoms with Gasteiger partial charge in [-0.05, 0) is 0 Å². The summed E-state index contributed by atoms with van der Waals surface area (Å²) in [5, 5.41) is 10.3. The molecule has 1 fully saturated rings. The van der Waals surface area contributed by atoms with Crippen molar-refractivity contribution >= 4 is 49.8 Å². The number of carbonyl (C=O) groups is 1. The van der Waals surface area contributed by atoms with Crippen molar-refractivity contribution in [3.63, 3.8) is 0 Å². The van der Waals surface area contributed by atoms with E-state index in [2.05, 4.69) is 15.0 Å². The average molecular weight is 444 g/mol.